The number of carbonyl (C=O) groups is 1. The Hall–Kier alpha value is -3.39. The maximum absolute atomic E-state index is 12.2. The fraction of sp³-hybridized carbons (Fsp3) is 0.111. The summed E-state index contributed by atoms with van der Waals surface area (Å²) < 4.78 is 11.5. The molecule has 0 aliphatic rings. The standard InChI is InChI=1S/C18H13ClN4O4/c19-12-6-2-1-5-11(12)9-20-16(24)17-21-15(22-27-17)10-23-13-7-3-4-8-14(13)26-18(23)25/h1-8H,9-10H2,(H,20,24). The number of hydrogen-bond donors (Lipinski definition) is 1. The second-order valence-corrected chi connectivity index (χ2v) is 6.12. The molecule has 2 heterocycles. The quantitative estimate of drug-likeness (QED) is 0.567. The molecule has 0 spiro atoms. The van der Waals surface area contributed by atoms with Crippen molar-refractivity contribution in [3.63, 3.8) is 0 Å². The molecular formula is C18H13ClN4O4. The van der Waals surface area contributed by atoms with Crippen molar-refractivity contribution in [2.24, 2.45) is 0 Å². The van der Waals surface area contributed by atoms with Crippen molar-refractivity contribution in [2.45, 2.75) is 13.1 Å². The molecule has 2 aromatic carbocycles. The van der Waals surface area contributed by atoms with Crippen LogP contribution in [0.5, 0.6) is 0 Å². The predicted octanol–water partition coefficient (Wildman–Crippen LogP) is 2.61. The second kappa shape index (κ2) is 7.08. The molecule has 0 saturated heterocycles. The molecule has 9 heteroatoms. The monoisotopic (exact) mass is 384 g/mol. The van der Waals surface area contributed by atoms with Gasteiger partial charge in [-0.1, -0.05) is 47.1 Å². The summed E-state index contributed by atoms with van der Waals surface area (Å²) in [7, 11) is 0. The van der Waals surface area contributed by atoms with Gasteiger partial charge in [0.2, 0.25) is 0 Å². The minimum Gasteiger partial charge on any atom is -0.408 e. The smallest absolute Gasteiger partial charge is 0.408 e. The van der Waals surface area contributed by atoms with Gasteiger partial charge in [0.05, 0.1) is 12.1 Å². The highest BCUT2D eigenvalue weighted by atomic mass is 35.5. The molecule has 0 radical (unpaired) electrons. The van der Waals surface area contributed by atoms with Crippen molar-refractivity contribution >= 4 is 28.6 Å². The van der Waals surface area contributed by atoms with Gasteiger partial charge in [-0.15, -0.1) is 0 Å². The van der Waals surface area contributed by atoms with Crippen LogP contribution in [0.4, 0.5) is 0 Å². The maximum Gasteiger partial charge on any atom is 0.420 e. The summed E-state index contributed by atoms with van der Waals surface area (Å²) in [5.74, 6) is -1.08. The lowest BCUT2D eigenvalue weighted by atomic mass is 10.2. The number of hydrogen-bond acceptors (Lipinski definition) is 6. The molecule has 2 aromatic heterocycles. The van der Waals surface area contributed by atoms with Crippen LogP contribution in [0.25, 0.3) is 11.1 Å². The summed E-state index contributed by atoms with van der Waals surface area (Å²) in [4.78, 5) is 28.2. The Bertz CT molecular complexity index is 1180. The van der Waals surface area contributed by atoms with Gasteiger partial charge in [0.25, 0.3) is 0 Å². The van der Waals surface area contributed by atoms with Crippen molar-refractivity contribution < 1.29 is 13.7 Å². The van der Waals surface area contributed by atoms with Crippen molar-refractivity contribution in [3.05, 3.63) is 81.4 Å². The van der Waals surface area contributed by atoms with E-state index in [4.69, 9.17) is 20.5 Å². The van der Waals surface area contributed by atoms with E-state index < -0.39 is 11.7 Å². The molecule has 4 aromatic rings. The third-order valence-corrected chi connectivity index (χ3v) is 4.30. The molecule has 0 saturated carbocycles. The van der Waals surface area contributed by atoms with E-state index in [9.17, 15) is 9.59 Å². The van der Waals surface area contributed by atoms with E-state index in [-0.39, 0.29) is 24.8 Å². The molecule has 27 heavy (non-hydrogen) atoms. The maximum atomic E-state index is 12.2. The normalized spacial score (nSPS) is 11.0. The minimum atomic E-state index is -0.536. The molecule has 0 atom stereocenters. The number of rotatable bonds is 5. The lowest BCUT2D eigenvalue weighted by molar-refractivity contribution is 0.0907. The average molecular weight is 385 g/mol. The van der Waals surface area contributed by atoms with Gasteiger partial charge in [0.1, 0.15) is 0 Å². The van der Waals surface area contributed by atoms with Gasteiger partial charge in [-0.3, -0.25) is 9.36 Å². The van der Waals surface area contributed by atoms with Gasteiger partial charge in [-0.25, -0.2) is 4.79 Å². The first-order chi connectivity index (χ1) is 13.1. The number of carbonyl (C=O) groups excluding carboxylic acids is 1. The third kappa shape index (κ3) is 3.47. The van der Waals surface area contributed by atoms with Crippen molar-refractivity contribution in [2.75, 3.05) is 0 Å². The molecule has 4 rings (SSSR count). The zero-order chi connectivity index (χ0) is 18.8. The van der Waals surface area contributed by atoms with Crippen LogP contribution in [0, 0.1) is 0 Å². The Morgan fingerprint density at radius 2 is 1.93 bits per heavy atom. The van der Waals surface area contributed by atoms with Crippen molar-refractivity contribution in [3.8, 4) is 0 Å². The zero-order valence-electron chi connectivity index (χ0n) is 13.9. The number of para-hydroxylation sites is 2. The first kappa shape index (κ1) is 17.0. The van der Waals surface area contributed by atoms with Gasteiger partial charge in [0.15, 0.2) is 11.4 Å². The number of halogens is 1. The van der Waals surface area contributed by atoms with Crippen LogP contribution in [0.3, 0.4) is 0 Å². The number of aromatic nitrogens is 3. The number of oxazole rings is 1. The molecule has 0 unspecified atom stereocenters. The number of nitrogens with zero attached hydrogens (tertiary/aromatic N) is 3. The summed E-state index contributed by atoms with van der Waals surface area (Å²) in [6, 6.07) is 14.2. The Labute approximate surface area is 157 Å². The summed E-state index contributed by atoms with van der Waals surface area (Å²) in [6.45, 7) is 0.249. The van der Waals surface area contributed by atoms with E-state index in [1.54, 1.807) is 42.5 Å². The van der Waals surface area contributed by atoms with Gasteiger partial charge in [-0.2, -0.15) is 4.98 Å². The number of nitrogens with one attached hydrogen (secondary N) is 1. The summed E-state index contributed by atoms with van der Waals surface area (Å²) in [6.07, 6.45) is 0. The predicted molar refractivity (Wildman–Crippen MR) is 96.5 cm³/mol. The van der Waals surface area contributed by atoms with Crippen LogP contribution in [0.2, 0.25) is 5.02 Å². The molecule has 1 amide bonds. The fourth-order valence-electron chi connectivity index (χ4n) is 2.61. The van der Waals surface area contributed by atoms with E-state index in [2.05, 4.69) is 15.5 Å². The number of benzene rings is 2. The lowest BCUT2D eigenvalue weighted by Gasteiger charge is -2.04. The lowest BCUT2D eigenvalue weighted by Crippen LogP contribution is -2.23. The fourth-order valence-corrected chi connectivity index (χ4v) is 2.81. The van der Waals surface area contributed by atoms with E-state index in [0.29, 0.717) is 16.1 Å². The van der Waals surface area contributed by atoms with Crippen molar-refractivity contribution in [1.29, 1.82) is 0 Å². The van der Waals surface area contributed by atoms with Gasteiger partial charge in [0, 0.05) is 11.6 Å². The van der Waals surface area contributed by atoms with Crippen LogP contribution >= 0.6 is 11.6 Å². The summed E-state index contributed by atoms with van der Waals surface area (Å²) in [5, 5.41) is 6.97. The van der Waals surface area contributed by atoms with Gasteiger partial charge >= 0.3 is 17.6 Å². The Balaban J connectivity index is 1.48. The highest BCUT2D eigenvalue weighted by Crippen LogP contribution is 2.15. The molecule has 8 nitrogen and oxygen atoms in total. The molecular weight excluding hydrogens is 372 g/mol. The topological polar surface area (TPSA) is 103 Å². The molecule has 136 valence electrons. The molecule has 0 aliphatic heterocycles. The molecule has 0 bridgehead atoms. The van der Waals surface area contributed by atoms with Crippen LogP contribution in [0.1, 0.15) is 22.1 Å². The largest absolute Gasteiger partial charge is 0.420 e. The minimum absolute atomic E-state index is 0.0249. The SMILES string of the molecule is O=C(NCc1ccccc1Cl)c1nc(Cn2c(=O)oc3ccccc32)no1. The average Bonchev–Trinajstić information content (AvgIpc) is 3.26. The number of amides is 1. The van der Waals surface area contributed by atoms with E-state index >= 15 is 0 Å². The van der Waals surface area contributed by atoms with Crippen LogP contribution in [-0.4, -0.2) is 20.6 Å². The Morgan fingerprint density at radius 1 is 1.15 bits per heavy atom. The van der Waals surface area contributed by atoms with Crippen LogP contribution in [-0.2, 0) is 13.1 Å². The summed E-state index contributed by atoms with van der Waals surface area (Å²) in [5.41, 5.74) is 1.84. The highest BCUT2D eigenvalue weighted by molar-refractivity contribution is 6.31. The third-order valence-electron chi connectivity index (χ3n) is 3.93. The van der Waals surface area contributed by atoms with Gasteiger partial charge < -0.3 is 14.3 Å². The first-order valence-electron chi connectivity index (χ1n) is 8.04. The van der Waals surface area contributed by atoms with Crippen LogP contribution < -0.4 is 11.1 Å². The van der Waals surface area contributed by atoms with Crippen molar-refractivity contribution in [1.82, 2.24) is 20.0 Å². The van der Waals surface area contributed by atoms with E-state index in [1.165, 1.54) is 4.57 Å². The van der Waals surface area contributed by atoms with Gasteiger partial charge in [-0.05, 0) is 23.8 Å². The van der Waals surface area contributed by atoms with Crippen LogP contribution in [0.15, 0.2) is 62.3 Å². The highest BCUT2D eigenvalue weighted by Gasteiger charge is 2.17. The second-order valence-electron chi connectivity index (χ2n) is 5.71. The zero-order valence-corrected chi connectivity index (χ0v) is 14.6. The molecule has 1 N–H and O–H groups in total. The summed E-state index contributed by atoms with van der Waals surface area (Å²) >= 11 is 6.06. The number of fused-ring (bicyclic) bond motifs is 1. The molecule has 0 aliphatic carbocycles. The first-order valence-corrected chi connectivity index (χ1v) is 8.42. The Kier molecular flexibility index (Phi) is 4.47. The molecule has 0 fully saturated rings. The Morgan fingerprint density at radius 3 is 2.78 bits per heavy atom. The van der Waals surface area contributed by atoms with E-state index in [1.807, 2.05) is 6.07 Å². The van der Waals surface area contributed by atoms with E-state index in [0.717, 1.165) is 5.56 Å².